The normalized spacial score (nSPS) is 12.2. The molecule has 102 valence electrons. The average molecular weight is 267 g/mol. The predicted molar refractivity (Wildman–Crippen MR) is 64.6 cm³/mol. The predicted octanol–water partition coefficient (Wildman–Crippen LogP) is 0.0844. The minimum Gasteiger partial charge on any atom is -0.449 e. The molecule has 0 atom stereocenters. The Bertz CT molecular complexity index is 338. The van der Waals surface area contributed by atoms with E-state index in [0.717, 1.165) is 0 Å². The van der Waals surface area contributed by atoms with Crippen molar-refractivity contribution >= 4 is 16.3 Å². The molecule has 0 aliphatic rings. The van der Waals surface area contributed by atoms with Crippen LogP contribution in [-0.2, 0) is 14.9 Å². The van der Waals surface area contributed by atoms with Crippen molar-refractivity contribution in [2.45, 2.75) is 39.2 Å². The van der Waals surface area contributed by atoms with E-state index < -0.39 is 21.8 Å². The molecule has 0 aliphatic carbocycles. The van der Waals surface area contributed by atoms with Gasteiger partial charge in [0.25, 0.3) is 0 Å². The zero-order valence-electron chi connectivity index (χ0n) is 10.4. The molecule has 0 radical (unpaired) electrons. The molecule has 1 amide bonds. The lowest BCUT2D eigenvalue weighted by Gasteiger charge is -2.26. The van der Waals surface area contributed by atoms with Crippen LogP contribution >= 0.6 is 0 Å². The number of hydrogen-bond donors (Lipinski definition) is 3. The van der Waals surface area contributed by atoms with Crippen molar-refractivity contribution in [2.75, 3.05) is 13.2 Å². The average Bonchev–Trinajstić information content (AvgIpc) is 2.26. The van der Waals surface area contributed by atoms with Gasteiger partial charge in [0.2, 0.25) is 0 Å². The molecule has 0 aliphatic heterocycles. The Hall–Kier alpha value is -0.860. The van der Waals surface area contributed by atoms with Crippen molar-refractivity contribution in [3.05, 3.63) is 0 Å². The van der Waals surface area contributed by atoms with Gasteiger partial charge in [0, 0.05) is 12.1 Å². The second kappa shape index (κ2) is 6.77. The summed E-state index contributed by atoms with van der Waals surface area (Å²) in [5.74, 6) is 0. The largest absolute Gasteiger partial charge is 0.449 e. The minimum absolute atomic E-state index is 0.0642. The molecule has 0 saturated heterocycles. The number of amides is 1. The Labute approximate surface area is 102 Å². The summed E-state index contributed by atoms with van der Waals surface area (Å²) in [5, 5.41) is 0. The summed E-state index contributed by atoms with van der Waals surface area (Å²) in [6.07, 6.45) is 0.257. The second-order valence-electron chi connectivity index (χ2n) is 3.72. The number of nitrogens with one attached hydrogen (secondary N) is 2. The van der Waals surface area contributed by atoms with Crippen LogP contribution in [0, 0.1) is 0 Å². The molecular formula is C9H21N3O4S. The molecule has 17 heavy (non-hydrogen) atoms. The summed E-state index contributed by atoms with van der Waals surface area (Å²) in [4.78, 5) is 10.9. The Morgan fingerprint density at radius 2 is 1.82 bits per heavy atom. The molecule has 0 aromatic carbocycles. The lowest BCUT2D eigenvalue weighted by Crippen LogP contribution is -2.52. The van der Waals surface area contributed by atoms with Gasteiger partial charge in [0.1, 0.15) is 0 Å². The van der Waals surface area contributed by atoms with Gasteiger partial charge in [-0.15, -0.1) is 0 Å². The van der Waals surface area contributed by atoms with Crippen LogP contribution in [0.3, 0.4) is 0 Å². The van der Waals surface area contributed by atoms with Gasteiger partial charge in [-0.1, -0.05) is 13.8 Å². The zero-order chi connectivity index (χ0) is 13.5. The van der Waals surface area contributed by atoms with Crippen molar-refractivity contribution in [1.82, 2.24) is 9.44 Å². The van der Waals surface area contributed by atoms with E-state index in [4.69, 9.17) is 5.73 Å². The van der Waals surface area contributed by atoms with Gasteiger partial charge in [-0.2, -0.15) is 13.1 Å². The summed E-state index contributed by atoms with van der Waals surface area (Å²) in [5.41, 5.74) is 5.31. The van der Waals surface area contributed by atoms with Crippen molar-refractivity contribution in [3.63, 3.8) is 0 Å². The molecule has 4 N–H and O–H groups in total. The van der Waals surface area contributed by atoms with E-state index in [1.807, 2.05) is 13.8 Å². The van der Waals surface area contributed by atoms with E-state index in [0.29, 0.717) is 12.8 Å². The van der Waals surface area contributed by atoms with E-state index in [1.165, 1.54) is 0 Å². The zero-order valence-corrected chi connectivity index (χ0v) is 11.3. The van der Waals surface area contributed by atoms with Gasteiger partial charge in [-0.05, 0) is 19.8 Å². The van der Waals surface area contributed by atoms with Gasteiger partial charge in [0.05, 0.1) is 6.61 Å². The van der Waals surface area contributed by atoms with E-state index in [2.05, 4.69) is 9.46 Å². The van der Waals surface area contributed by atoms with Crippen LogP contribution in [0.2, 0.25) is 0 Å². The van der Waals surface area contributed by atoms with Gasteiger partial charge in [-0.3, -0.25) is 0 Å². The SMILES string of the molecule is CCOC(=O)NS(=O)(=O)NCC(N)(CC)CC. The van der Waals surface area contributed by atoms with Crippen LogP contribution in [-0.4, -0.2) is 33.2 Å². The third-order valence-electron chi connectivity index (χ3n) is 2.52. The van der Waals surface area contributed by atoms with Crippen LogP contribution in [0.15, 0.2) is 0 Å². The number of nitrogens with two attached hydrogens (primary N) is 1. The summed E-state index contributed by atoms with van der Waals surface area (Å²) in [6, 6.07) is 0. The van der Waals surface area contributed by atoms with Crippen LogP contribution in [0.25, 0.3) is 0 Å². The Kier molecular flexibility index (Phi) is 6.43. The molecule has 0 spiro atoms. The monoisotopic (exact) mass is 267 g/mol. The third kappa shape index (κ3) is 6.44. The molecule has 0 aromatic rings. The fourth-order valence-electron chi connectivity index (χ4n) is 1.05. The smallest absolute Gasteiger partial charge is 0.421 e. The molecule has 7 nitrogen and oxygen atoms in total. The summed E-state index contributed by atoms with van der Waals surface area (Å²) >= 11 is 0. The van der Waals surface area contributed by atoms with Crippen molar-refractivity contribution < 1.29 is 17.9 Å². The molecule has 0 rings (SSSR count). The van der Waals surface area contributed by atoms with Crippen LogP contribution in [0.1, 0.15) is 33.6 Å². The highest BCUT2D eigenvalue weighted by molar-refractivity contribution is 7.88. The maximum absolute atomic E-state index is 11.4. The molecule has 0 bridgehead atoms. The molecular weight excluding hydrogens is 246 g/mol. The molecule has 0 heterocycles. The van der Waals surface area contributed by atoms with Crippen molar-refractivity contribution in [3.8, 4) is 0 Å². The van der Waals surface area contributed by atoms with Crippen LogP contribution in [0.5, 0.6) is 0 Å². The second-order valence-corrected chi connectivity index (χ2v) is 5.22. The first kappa shape index (κ1) is 16.1. The maximum Gasteiger partial charge on any atom is 0.421 e. The highest BCUT2D eigenvalue weighted by Crippen LogP contribution is 2.09. The fourth-order valence-corrected chi connectivity index (χ4v) is 1.87. The highest BCUT2D eigenvalue weighted by atomic mass is 32.2. The van der Waals surface area contributed by atoms with E-state index in [9.17, 15) is 13.2 Å². The first-order valence-corrected chi connectivity index (χ1v) is 7.00. The Morgan fingerprint density at radius 1 is 1.29 bits per heavy atom. The highest BCUT2D eigenvalue weighted by Gasteiger charge is 2.24. The number of carbonyl (C=O) groups excluding carboxylic acids is 1. The standard InChI is InChI=1S/C9H21N3O4S/c1-4-9(10,5-2)7-11-17(14,15)12-8(13)16-6-3/h11H,4-7,10H2,1-3H3,(H,12,13). The van der Waals surface area contributed by atoms with Crippen molar-refractivity contribution in [1.29, 1.82) is 0 Å². The van der Waals surface area contributed by atoms with Gasteiger partial charge in [0.15, 0.2) is 0 Å². The van der Waals surface area contributed by atoms with Gasteiger partial charge >= 0.3 is 16.3 Å². The number of carbonyl (C=O) groups is 1. The number of rotatable bonds is 7. The van der Waals surface area contributed by atoms with E-state index in [1.54, 1.807) is 11.6 Å². The number of ether oxygens (including phenoxy) is 1. The molecule has 8 heteroatoms. The van der Waals surface area contributed by atoms with Gasteiger partial charge in [-0.25, -0.2) is 9.52 Å². The topological polar surface area (TPSA) is 111 Å². The Morgan fingerprint density at radius 3 is 2.24 bits per heavy atom. The molecule has 0 fully saturated rings. The number of hydrogen-bond acceptors (Lipinski definition) is 5. The van der Waals surface area contributed by atoms with Gasteiger partial charge < -0.3 is 10.5 Å². The summed E-state index contributed by atoms with van der Waals surface area (Å²) in [7, 11) is -3.91. The lowest BCUT2D eigenvalue weighted by molar-refractivity contribution is 0.158. The summed E-state index contributed by atoms with van der Waals surface area (Å²) in [6.45, 7) is 5.49. The maximum atomic E-state index is 11.4. The third-order valence-corrected chi connectivity index (χ3v) is 3.48. The first-order valence-electron chi connectivity index (χ1n) is 5.51. The lowest BCUT2D eigenvalue weighted by atomic mass is 9.95. The minimum atomic E-state index is -3.91. The van der Waals surface area contributed by atoms with Crippen molar-refractivity contribution in [2.24, 2.45) is 5.73 Å². The fraction of sp³-hybridized carbons (Fsp3) is 0.889. The molecule has 0 unspecified atom stereocenters. The van der Waals surface area contributed by atoms with Crippen LogP contribution in [0.4, 0.5) is 4.79 Å². The van der Waals surface area contributed by atoms with Crippen LogP contribution < -0.4 is 15.2 Å². The molecule has 0 saturated carbocycles. The quantitative estimate of drug-likeness (QED) is 0.605. The Balaban J connectivity index is 4.32. The van der Waals surface area contributed by atoms with E-state index in [-0.39, 0.29) is 13.2 Å². The first-order chi connectivity index (χ1) is 7.78. The summed E-state index contributed by atoms with van der Waals surface area (Å²) < 4.78 is 31.2. The molecule has 0 aromatic heterocycles. The van der Waals surface area contributed by atoms with E-state index >= 15 is 0 Å².